The number of aromatic nitrogens is 5. The Morgan fingerprint density at radius 3 is 1.37 bits per heavy atom. The lowest BCUT2D eigenvalue weighted by Crippen LogP contribution is -2.26. The Hall–Kier alpha value is -6.81. The molecule has 0 fully saturated rings. The first-order chi connectivity index (χ1) is 29.8. The fraction of sp³-hybridized carbons (Fsp3) is 0.324. The topological polar surface area (TPSA) is 346 Å². The Kier molecular flexibility index (Phi) is 18.4. The van der Waals surface area contributed by atoms with Crippen molar-refractivity contribution in [2.45, 2.75) is 53.4 Å². The van der Waals surface area contributed by atoms with Crippen LogP contribution in [-0.2, 0) is 59.1 Å². The molecular formula is C37H46N12O13. The van der Waals surface area contributed by atoms with Crippen LogP contribution in [-0.4, -0.2) is 82.5 Å². The summed E-state index contributed by atoms with van der Waals surface area (Å²) in [5.74, 6) is -1.15. The summed E-state index contributed by atoms with van der Waals surface area (Å²) in [4.78, 5) is 65.1. The van der Waals surface area contributed by atoms with E-state index in [0.717, 1.165) is 9.13 Å². The fourth-order valence-electron chi connectivity index (χ4n) is 5.72. The lowest BCUT2D eigenvalue weighted by atomic mass is 10.1. The number of anilines is 2. The van der Waals surface area contributed by atoms with Crippen LogP contribution in [0.1, 0.15) is 33.4 Å². The third kappa shape index (κ3) is 13.6. The molecule has 0 aliphatic rings. The predicted octanol–water partition coefficient (Wildman–Crippen LogP) is 4.37. The molecule has 0 aliphatic heterocycles. The highest BCUT2D eigenvalue weighted by molar-refractivity contribution is 5.55. The van der Waals surface area contributed by atoms with Gasteiger partial charge < -0.3 is 26.2 Å². The molecule has 0 bridgehead atoms. The minimum absolute atomic E-state index is 0.00728. The second kappa shape index (κ2) is 23.8. The number of aryl methyl sites for hydroxylation is 2. The Morgan fingerprint density at radius 1 is 0.597 bits per heavy atom. The van der Waals surface area contributed by atoms with Crippen LogP contribution in [0.2, 0.25) is 0 Å². The van der Waals surface area contributed by atoms with Gasteiger partial charge in [0.1, 0.15) is 37.8 Å². The highest BCUT2D eigenvalue weighted by Crippen LogP contribution is 2.32. The molecule has 10 N–H and O–H groups in total. The average molecular weight is 867 g/mol. The SMILES string of the molecule is CNC.Cc1cc(=O)n(CCNc2nc(NCCn3c(O)c(N=Nc4cc(COO)cc(COO)c4)c(C)cc3=O)[nH]c(=O)n2)c(O)c1N=Nc1cc(COO)cc(COO)c1. The zero-order chi connectivity index (χ0) is 45.2. The molecule has 5 rings (SSSR count). The highest BCUT2D eigenvalue weighted by atomic mass is 17.1. The van der Waals surface area contributed by atoms with E-state index < -0.39 is 28.6 Å². The maximum Gasteiger partial charge on any atom is 0.350 e. The minimum atomic E-state index is -0.784. The Labute approximate surface area is 351 Å². The van der Waals surface area contributed by atoms with E-state index in [-0.39, 0.29) is 87.3 Å². The molecule has 3 heterocycles. The summed E-state index contributed by atoms with van der Waals surface area (Å²) in [6.07, 6.45) is 0. The first-order valence-electron chi connectivity index (χ1n) is 18.4. The monoisotopic (exact) mass is 866 g/mol. The minimum Gasteiger partial charge on any atom is -0.493 e. The molecular weight excluding hydrogens is 820 g/mol. The highest BCUT2D eigenvalue weighted by Gasteiger charge is 2.16. The molecule has 2 aromatic carbocycles. The van der Waals surface area contributed by atoms with E-state index in [1.54, 1.807) is 50.2 Å². The number of hydrogen-bond donors (Lipinski definition) is 10. The van der Waals surface area contributed by atoms with Crippen molar-refractivity contribution in [3.63, 3.8) is 0 Å². The number of azo groups is 2. The Balaban J connectivity index is 0.00000273. The number of hydrogen-bond acceptors (Lipinski definition) is 22. The first kappa shape index (κ1) is 47.9. The van der Waals surface area contributed by atoms with Gasteiger partial charge in [-0.2, -0.15) is 20.2 Å². The fourth-order valence-corrected chi connectivity index (χ4v) is 5.72. The standard InChI is InChI=1S/C35H39N11O13.C2H7N/c1-19-7-27(47)45(31(49)29(19)43-41-25-11-21(15-56-52)9-22(12-25)16-57-53)5-3-36-33-38-34(40-35(51)39-33)37-4-6-46-28(48)8-20(2)30(32(46)50)44-42-26-13-23(17-58-54)10-24(14-26)18-59-55;1-3-2/h7-14,49-50,52-55H,3-6,15-18H2,1-2H3,(H3,36,37,38,39,40,51);3H,1-2H3. The molecule has 0 amide bonds. The number of aromatic hydroxyl groups is 2. The summed E-state index contributed by atoms with van der Waals surface area (Å²) in [5.41, 5.74) is 1.26. The summed E-state index contributed by atoms with van der Waals surface area (Å²) >= 11 is 0. The number of pyridine rings is 2. The van der Waals surface area contributed by atoms with Crippen LogP contribution < -0.4 is 32.8 Å². The molecule has 0 spiro atoms. The molecule has 332 valence electrons. The molecule has 3 aromatic heterocycles. The van der Waals surface area contributed by atoms with Gasteiger partial charge in [-0.05, 0) is 85.6 Å². The molecule has 0 aliphatic carbocycles. The summed E-state index contributed by atoms with van der Waals surface area (Å²) in [6, 6.07) is 11.9. The van der Waals surface area contributed by atoms with Gasteiger partial charge in [0.25, 0.3) is 11.1 Å². The van der Waals surface area contributed by atoms with E-state index in [2.05, 4.69) is 70.9 Å². The summed E-state index contributed by atoms with van der Waals surface area (Å²) in [7, 11) is 3.75. The Bertz CT molecular complexity index is 2310. The third-order valence-corrected chi connectivity index (χ3v) is 8.32. The van der Waals surface area contributed by atoms with Crippen molar-refractivity contribution in [3.05, 3.63) is 113 Å². The van der Waals surface area contributed by atoms with Gasteiger partial charge in [0.2, 0.25) is 23.7 Å². The number of rotatable bonds is 20. The van der Waals surface area contributed by atoms with Gasteiger partial charge in [-0.3, -0.25) is 44.7 Å². The molecule has 5 aromatic rings. The second-order valence-corrected chi connectivity index (χ2v) is 13.2. The van der Waals surface area contributed by atoms with Crippen LogP contribution in [0.25, 0.3) is 0 Å². The number of benzene rings is 2. The predicted molar refractivity (Wildman–Crippen MR) is 220 cm³/mol. The van der Waals surface area contributed by atoms with Gasteiger partial charge in [-0.25, -0.2) is 24.3 Å². The van der Waals surface area contributed by atoms with E-state index in [1.807, 2.05) is 14.1 Å². The van der Waals surface area contributed by atoms with E-state index in [9.17, 15) is 24.6 Å². The Morgan fingerprint density at radius 2 is 0.984 bits per heavy atom. The van der Waals surface area contributed by atoms with Gasteiger partial charge in [-0.15, -0.1) is 10.2 Å². The van der Waals surface area contributed by atoms with Crippen molar-refractivity contribution in [1.29, 1.82) is 0 Å². The van der Waals surface area contributed by atoms with Gasteiger partial charge in [0.15, 0.2) is 0 Å². The van der Waals surface area contributed by atoms with Gasteiger partial charge in [-0.1, -0.05) is 12.1 Å². The van der Waals surface area contributed by atoms with Crippen molar-refractivity contribution in [2.24, 2.45) is 20.5 Å². The van der Waals surface area contributed by atoms with Crippen molar-refractivity contribution in [3.8, 4) is 11.8 Å². The molecule has 62 heavy (non-hydrogen) atoms. The van der Waals surface area contributed by atoms with E-state index >= 15 is 0 Å². The van der Waals surface area contributed by atoms with Crippen LogP contribution >= 0.6 is 0 Å². The van der Waals surface area contributed by atoms with E-state index in [0.29, 0.717) is 33.4 Å². The third-order valence-electron chi connectivity index (χ3n) is 8.32. The van der Waals surface area contributed by atoms with Gasteiger partial charge in [0, 0.05) is 38.3 Å². The molecule has 0 saturated heterocycles. The summed E-state index contributed by atoms with van der Waals surface area (Å²) in [5, 5.41) is 82.3. The molecule has 25 nitrogen and oxygen atoms in total. The molecule has 0 saturated carbocycles. The van der Waals surface area contributed by atoms with Gasteiger partial charge in [0.05, 0.1) is 11.4 Å². The number of H-pyrrole nitrogens is 1. The van der Waals surface area contributed by atoms with Crippen molar-refractivity contribution < 1.29 is 50.8 Å². The van der Waals surface area contributed by atoms with Gasteiger partial charge >= 0.3 is 5.69 Å². The maximum atomic E-state index is 12.8. The lowest BCUT2D eigenvalue weighted by Gasteiger charge is -2.13. The zero-order valence-corrected chi connectivity index (χ0v) is 33.9. The lowest BCUT2D eigenvalue weighted by molar-refractivity contribution is -0.254. The average Bonchev–Trinajstić information content (AvgIpc) is 3.20. The normalized spacial score (nSPS) is 11.3. The van der Waals surface area contributed by atoms with E-state index in [1.165, 1.54) is 12.1 Å². The van der Waals surface area contributed by atoms with Crippen molar-refractivity contribution in [1.82, 2.24) is 29.4 Å². The molecule has 0 atom stereocenters. The first-order valence-corrected chi connectivity index (χ1v) is 18.4. The zero-order valence-electron chi connectivity index (χ0n) is 33.9. The van der Waals surface area contributed by atoms with Crippen LogP contribution in [0.15, 0.2) is 83.4 Å². The van der Waals surface area contributed by atoms with Crippen LogP contribution in [0, 0.1) is 13.8 Å². The van der Waals surface area contributed by atoms with Crippen LogP contribution in [0.4, 0.5) is 34.6 Å². The summed E-state index contributed by atoms with van der Waals surface area (Å²) < 4.78 is 2.05. The quantitative estimate of drug-likeness (QED) is 0.0295. The molecule has 0 unspecified atom stereocenters. The largest absolute Gasteiger partial charge is 0.493 e. The second-order valence-electron chi connectivity index (χ2n) is 13.2. The number of nitrogens with one attached hydrogen (secondary N) is 4. The molecule has 0 radical (unpaired) electrons. The van der Waals surface area contributed by atoms with E-state index in [4.69, 9.17) is 21.0 Å². The van der Waals surface area contributed by atoms with Crippen LogP contribution in [0.5, 0.6) is 11.8 Å². The summed E-state index contributed by atoms with van der Waals surface area (Å²) in [6.45, 7) is 2.11. The molecule has 25 heteroatoms. The van der Waals surface area contributed by atoms with Crippen molar-refractivity contribution >= 4 is 34.6 Å². The smallest absolute Gasteiger partial charge is 0.350 e. The van der Waals surface area contributed by atoms with Crippen molar-refractivity contribution in [2.75, 3.05) is 37.8 Å². The maximum absolute atomic E-state index is 12.8. The number of nitrogens with zero attached hydrogens (tertiary/aromatic N) is 8. The van der Waals surface area contributed by atoms with Crippen LogP contribution in [0.3, 0.4) is 0 Å². The number of aromatic amines is 1.